The fraction of sp³-hybridized carbons (Fsp3) is 0.346. The van der Waals surface area contributed by atoms with Crippen molar-refractivity contribution in [3.8, 4) is 11.3 Å². The van der Waals surface area contributed by atoms with Crippen LogP contribution in [-0.4, -0.2) is 54.8 Å². The highest BCUT2D eigenvalue weighted by molar-refractivity contribution is 5.95. The number of benzene rings is 2. The van der Waals surface area contributed by atoms with Gasteiger partial charge >= 0.3 is 6.18 Å². The Morgan fingerprint density at radius 1 is 1.05 bits per heavy atom. The maximum absolute atomic E-state index is 13.9. The van der Waals surface area contributed by atoms with Crippen LogP contribution in [0.3, 0.4) is 0 Å². The highest BCUT2D eigenvalue weighted by Gasteiger charge is 2.35. The molecule has 194 valence electrons. The Labute approximate surface area is 212 Å². The van der Waals surface area contributed by atoms with Crippen molar-refractivity contribution >= 4 is 28.9 Å². The molecule has 1 atom stereocenters. The van der Waals surface area contributed by atoms with Crippen LogP contribution in [0.4, 0.5) is 36.2 Å². The van der Waals surface area contributed by atoms with E-state index >= 15 is 0 Å². The summed E-state index contributed by atoms with van der Waals surface area (Å²) < 4.78 is 46.8. The van der Waals surface area contributed by atoms with Crippen molar-refractivity contribution in [2.45, 2.75) is 25.1 Å². The number of hydrogen-bond donors (Lipinski definition) is 3. The summed E-state index contributed by atoms with van der Waals surface area (Å²) in [4.78, 5) is 22.6. The fourth-order valence-electron chi connectivity index (χ4n) is 4.49. The van der Waals surface area contributed by atoms with E-state index in [2.05, 4.69) is 25.9 Å². The van der Waals surface area contributed by atoms with Crippen LogP contribution >= 0.6 is 0 Å². The van der Waals surface area contributed by atoms with Gasteiger partial charge in [-0.1, -0.05) is 12.1 Å². The number of morpholine rings is 1. The maximum Gasteiger partial charge on any atom is 0.418 e. The van der Waals surface area contributed by atoms with Gasteiger partial charge in [-0.15, -0.1) is 0 Å². The second-order valence-electron chi connectivity index (χ2n) is 8.94. The van der Waals surface area contributed by atoms with Gasteiger partial charge in [-0.05, 0) is 55.8 Å². The lowest BCUT2D eigenvalue weighted by Gasteiger charge is -2.31. The molecule has 0 bridgehead atoms. The first-order chi connectivity index (χ1) is 17.9. The molecule has 0 spiro atoms. The summed E-state index contributed by atoms with van der Waals surface area (Å²) in [6.07, 6.45) is -1.17. The smallest absolute Gasteiger partial charge is 0.378 e. The summed E-state index contributed by atoms with van der Waals surface area (Å²) in [5.74, 6) is 0.117. The highest BCUT2D eigenvalue weighted by Crippen LogP contribution is 2.39. The van der Waals surface area contributed by atoms with Crippen molar-refractivity contribution in [1.82, 2.24) is 15.3 Å². The fourth-order valence-corrected chi connectivity index (χ4v) is 4.49. The minimum atomic E-state index is -4.51. The van der Waals surface area contributed by atoms with Gasteiger partial charge in [0.15, 0.2) is 0 Å². The lowest BCUT2D eigenvalue weighted by Crippen LogP contribution is -2.37. The summed E-state index contributed by atoms with van der Waals surface area (Å²) in [5.41, 5.74) is 1.69. The predicted molar refractivity (Wildman–Crippen MR) is 135 cm³/mol. The van der Waals surface area contributed by atoms with Crippen LogP contribution in [0, 0.1) is 0 Å². The molecular weight excluding hydrogens is 485 g/mol. The van der Waals surface area contributed by atoms with Crippen LogP contribution in [0.1, 0.15) is 18.4 Å². The maximum atomic E-state index is 13.9. The largest absolute Gasteiger partial charge is 0.418 e. The van der Waals surface area contributed by atoms with Crippen molar-refractivity contribution < 1.29 is 22.7 Å². The number of amides is 1. The Hall–Kier alpha value is -3.70. The summed E-state index contributed by atoms with van der Waals surface area (Å²) >= 11 is 0. The van der Waals surface area contributed by atoms with Gasteiger partial charge < -0.3 is 25.6 Å². The number of aromatic nitrogens is 2. The number of ether oxygens (including phenoxy) is 1. The average Bonchev–Trinajstić information content (AvgIpc) is 3.45. The molecule has 2 saturated heterocycles. The first-order valence-electron chi connectivity index (χ1n) is 12.2. The van der Waals surface area contributed by atoms with E-state index in [1.54, 1.807) is 35.4 Å². The van der Waals surface area contributed by atoms with Crippen molar-refractivity contribution in [1.29, 1.82) is 0 Å². The third-order valence-corrected chi connectivity index (χ3v) is 6.39. The van der Waals surface area contributed by atoms with Gasteiger partial charge in [0.1, 0.15) is 0 Å². The Kier molecular flexibility index (Phi) is 7.24. The Morgan fingerprint density at radius 3 is 2.51 bits per heavy atom. The number of hydrogen-bond acceptors (Lipinski definition) is 7. The molecule has 0 unspecified atom stereocenters. The van der Waals surface area contributed by atoms with Gasteiger partial charge in [-0.2, -0.15) is 13.2 Å². The monoisotopic (exact) mass is 512 g/mol. The van der Waals surface area contributed by atoms with Crippen LogP contribution in [0.2, 0.25) is 0 Å². The zero-order valence-electron chi connectivity index (χ0n) is 20.0. The molecule has 1 aromatic heterocycles. The molecule has 8 nitrogen and oxygen atoms in total. The van der Waals surface area contributed by atoms with E-state index in [0.29, 0.717) is 37.7 Å². The lowest BCUT2D eigenvalue weighted by atomic mass is 10.1. The number of rotatable bonds is 6. The standard InChI is InChI=1S/C26H27F3N6O2/c27-26(28,29)20-16-19(7-8-23(20)35-12-14-37-15-13-35)33-25-31-11-9-21(34-25)17-3-5-18(6-4-17)32-24(36)22-2-1-10-30-22/h3-9,11,16,22,30H,1-2,10,12-15H2,(H,32,36)(H,31,33,34)/t22-/m0/s1. The molecule has 3 aromatic rings. The van der Waals surface area contributed by atoms with Crippen LogP contribution in [0.5, 0.6) is 0 Å². The molecule has 2 aromatic carbocycles. The normalized spacial score (nSPS) is 18.0. The van der Waals surface area contributed by atoms with E-state index in [1.807, 2.05) is 12.1 Å². The molecule has 3 N–H and O–H groups in total. The number of carbonyl (C=O) groups is 1. The minimum absolute atomic E-state index is 0.0587. The number of carbonyl (C=O) groups excluding carboxylic acids is 1. The van der Waals surface area contributed by atoms with Gasteiger partial charge in [-0.25, -0.2) is 9.97 Å². The number of nitrogens with zero attached hydrogens (tertiary/aromatic N) is 3. The molecule has 1 amide bonds. The molecule has 0 radical (unpaired) electrons. The number of anilines is 4. The Morgan fingerprint density at radius 2 is 1.81 bits per heavy atom. The molecule has 3 heterocycles. The van der Waals surface area contributed by atoms with Crippen LogP contribution < -0.4 is 20.9 Å². The number of halogens is 3. The van der Waals surface area contributed by atoms with Crippen molar-refractivity contribution in [2.75, 3.05) is 48.4 Å². The molecule has 2 fully saturated rings. The van der Waals surface area contributed by atoms with Crippen LogP contribution in [0.15, 0.2) is 54.7 Å². The molecule has 2 aliphatic rings. The molecule has 0 aliphatic carbocycles. The van der Waals surface area contributed by atoms with Crippen LogP contribution in [-0.2, 0) is 15.7 Å². The van der Waals surface area contributed by atoms with Gasteiger partial charge in [0, 0.05) is 41.9 Å². The lowest BCUT2D eigenvalue weighted by molar-refractivity contribution is -0.137. The van der Waals surface area contributed by atoms with Gasteiger partial charge in [-0.3, -0.25) is 4.79 Å². The first kappa shape index (κ1) is 25.0. The molecule has 37 heavy (non-hydrogen) atoms. The van der Waals surface area contributed by atoms with E-state index < -0.39 is 11.7 Å². The Bertz CT molecular complexity index is 1240. The zero-order chi connectivity index (χ0) is 25.8. The second-order valence-corrected chi connectivity index (χ2v) is 8.94. The minimum Gasteiger partial charge on any atom is -0.378 e. The van der Waals surface area contributed by atoms with Crippen molar-refractivity contribution in [3.63, 3.8) is 0 Å². The summed E-state index contributed by atoms with van der Waals surface area (Å²) in [6, 6.07) is 12.9. The second kappa shape index (κ2) is 10.7. The molecule has 5 rings (SSSR count). The van der Waals surface area contributed by atoms with Crippen LogP contribution in [0.25, 0.3) is 11.3 Å². The Balaban J connectivity index is 1.31. The van der Waals surface area contributed by atoms with Gasteiger partial charge in [0.25, 0.3) is 0 Å². The molecule has 2 aliphatic heterocycles. The first-order valence-corrected chi connectivity index (χ1v) is 12.2. The number of alkyl halides is 3. The van der Waals surface area contributed by atoms with E-state index in [-0.39, 0.29) is 29.3 Å². The third kappa shape index (κ3) is 6.00. The molecule has 0 saturated carbocycles. The zero-order valence-corrected chi connectivity index (χ0v) is 20.0. The summed E-state index contributed by atoms with van der Waals surface area (Å²) in [5, 5.41) is 8.96. The SMILES string of the molecule is O=C(Nc1ccc(-c2ccnc(Nc3ccc(N4CCOCC4)c(C(F)(F)F)c3)n2)cc1)[C@@H]1CCCN1. The third-order valence-electron chi connectivity index (χ3n) is 6.39. The van der Waals surface area contributed by atoms with Crippen molar-refractivity contribution in [3.05, 3.63) is 60.3 Å². The van der Waals surface area contributed by atoms with Crippen molar-refractivity contribution in [2.24, 2.45) is 0 Å². The summed E-state index contributed by atoms with van der Waals surface area (Å²) in [6.45, 7) is 2.44. The van der Waals surface area contributed by atoms with Gasteiger partial charge in [0.2, 0.25) is 11.9 Å². The predicted octanol–water partition coefficient (Wildman–Crippen LogP) is 4.43. The quantitative estimate of drug-likeness (QED) is 0.450. The number of nitrogens with one attached hydrogen (secondary N) is 3. The summed E-state index contributed by atoms with van der Waals surface area (Å²) in [7, 11) is 0. The van der Waals surface area contributed by atoms with E-state index in [1.165, 1.54) is 6.07 Å². The molecular formula is C26H27F3N6O2. The van der Waals surface area contributed by atoms with Gasteiger partial charge in [0.05, 0.1) is 30.5 Å². The molecule has 11 heteroatoms. The van der Waals surface area contributed by atoms with E-state index in [0.717, 1.165) is 31.0 Å². The van der Waals surface area contributed by atoms with E-state index in [4.69, 9.17) is 4.74 Å². The topological polar surface area (TPSA) is 91.4 Å². The highest BCUT2D eigenvalue weighted by atomic mass is 19.4. The average molecular weight is 513 g/mol. The van der Waals surface area contributed by atoms with E-state index in [9.17, 15) is 18.0 Å².